The Balaban J connectivity index is 2.24. The van der Waals surface area contributed by atoms with Crippen LogP contribution < -0.4 is 15.4 Å². The third-order valence-electron chi connectivity index (χ3n) is 3.28. The highest BCUT2D eigenvalue weighted by atomic mass is 16.6. The van der Waals surface area contributed by atoms with Gasteiger partial charge in [-0.2, -0.15) is 0 Å². The van der Waals surface area contributed by atoms with Crippen LogP contribution in [0.15, 0.2) is 42.5 Å². The number of ether oxygens (including phenoxy) is 1. The molecule has 0 aliphatic rings. The van der Waals surface area contributed by atoms with Gasteiger partial charge in [-0.25, -0.2) is 0 Å². The Morgan fingerprint density at radius 2 is 1.62 bits per heavy atom. The molecule has 0 aromatic heterocycles. The van der Waals surface area contributed by atoms with Gasteiger partial charge in [-0.15, -0.1) is 0 Å². The van der Waals surface area contributed by atoms with E-state index >= 15 is 0 Å². The number of hydrogen-bond acceptors (Lipinski definition) is 5. The predicted octanol–water partition coefficient (Wildman–Crippen LogP) is 2.22. The number of nitrogens with one attached hydrogen (secondary N) is 2. The zero-order valence-corrected chi connectivity index (χ0v) is 13.0. The molecule has 0 bridgehead atoms. The molecule has 2 rings (SSSR count). The predicted molar refractivity (Wildman–Crippen MR) is 87.4 cm³/mol. The van der Waals surface area contributed by atoms with E-state index in [1.807, 2.05) is 0 Å². The maximum absolute atomic E-state index is 12.3. The Morgan fingerprint density at radius 3 is 2.12 bits per heavy atom. The third kappa shape index (κ3) is 3.67. The van der Waals surface area contributed by atoms with E-state index in [0.717, 1.165) is 0 Å². The van der Waals surface area contributed by atoms with Crippen molar-refractivity contribution in [2.75, 3.05) is 19.5 Å². The molecule has 0 atom stereocenters. The van der Waals surface area contributed by atoms with Crippen LogP contribution in [0.4, 0.5) is 11.4 Å². The largest absolute Gasteiger partial charge is 0.495 e. The summed E-state index contributed by atoms with van der Waals surface area (Å²) in [5.41, 5.74) is 0.742. The number of methoxy groups -OCH3 is 1. The SMILES string of the molecule is CNC(=O)c1ccc(C(=O)Nc2cc([N+](=O)[O-])ccc2OC)cc1. The van der Waals surface area contributed by atoms with Gasteiger partial charge >= 0.3 is 0 Å². The van der Waals surface area contributed by atoms with Crippen molar-refractivity contribution in [2.45, 2.75) is 0 Å². The van der Waals surface area contributed by atoms with Crippen molar-refractivity contribution in [3.63, 3.8) is 0 Å². The quantitative estimate of drug-likeness (QED) is 0.645. The van der Waals surface area contributed by atoms with E-state index in [-0.39, 0.29) is 17.3 Å². The first kappa shape index (κ1) is 16.9. The van der Waals surface area contributed by atoms with Gasteiger partial charge in [-0.1, -0.05) is 0 Å². The lowest BCUT2D eigenvalue weighted by molar-refractivity contribution is -0.384. The van der Waals surface area contributed by atoms with Gasteiger partial charge in [-0.3, -0.25) is 19.7 Å². The molecule has 8 nitrogen and oxygen atoms in total. The lowest BCUT2D eigenvalue weighted by atomic mass is 10.1. The van der Waals surface area contributed by atoms with Crippen LogP contribution in [0, 0.1) is 10.1 Å². The molecular weight excluding hydrogens is 314 g/mol. The molecule has 2 aromatic rings. The van der Waals surface area contributed by atoms with E-state index in [4.69, 9.17) is 4.74 Å². The second kappa shape index (κ2) is 7.23. The van der Waals surface area contributed by atoms with E-state index in [9.17, 15) is 19.7 Å². The molecule has 0 radical (unpaired) electrons. The minimum atomic E-state index is -0.562. The number of nitro benzene ring substituents is 1. The van der Waals surface area contributed by atoms with Gasteiger partial charge in [0.25, 0.3) is 17.5 Å². The summed E-state index contributed by atoms with van der Waals surface area (Å²) in [7, 11) is 2.91. The van der Waals surface area contributed by atoms with Crippen LogP contribution in [0.3, 0.4) is 0 Å². The highest BCUT2D eigenvalue weighted by Crippen LogP contribution is 2.29. The standard InChI is InChI=1S/C16H15N3O5/c1-17-15(20)10-3-5-11(6-4-10)16(21)18-13-9-12(19(22)23)7-8-14(13)24-2/h3-9H,1-2H3,(H,17,20)(H,18,21). The average Bonchev–Trinajstić information content (AvgIpc) is 2.60. The van der Waals surface area contributed by atoms with Gasteiger partial charge in [-0.05, 0) is 30.3 Å². The summed E-state index contributed by atoms with van der Waals surface area (Å²) in [4.78, 5) is 34.0. The highest BCUT2D eigenvalue weighted by molar-refractivity contribution is 6.06. The number of nitro groups is 1. The summed E-state index contributed by atoms with van der Waals surface area (Å²) < 4.78 is 5.09. The number of carbonyl (C=O) groups is 2. The average molecular weight is 329 g/mol. The number of amides is 2. The molecule has 0 aliphatic carbocycles. The Labute approximate surface area is 137 Å². The maximum atomic E-state index is 12.3. The van der Waals surface area contributed by atoms with Crippen LogP contribution in [-0.4, -0.2) is 30.9 Å². The zero-order valence-electron chi connectivity index (χ0n) is 13.0. The normalized spacial score (nSPS) is 9.92. The summed E-state index contributed by atoms with van der Waals surface area (Å²) >= 11 is 0. The summed E-state index contributed by atoms with van der Waals surface area (Å²) in [6, 6.07) is 9.91. The van der Waals surface area contributed by atoms with Crippen LogP contribution >= 0.6 is 0 Å². The number of rotatable bonds is 5. The number of benzene rings is 2. The summed E-state index contributed by atoms with van der Waals surface area (Å²) in [6.45, 7) is 0. The minimum absolute atomic E-state index is 0.166. The van der Waals surface area contributed by atoms with Crippen molar-refractivity contribution in [1.29, 1.82) is 0 Å². The summed E-state index contributed by atoms with van der Waals surface area (Å²) in [5.74, 6) is -0.435. The fourth-order valence-corrected chi connectivity index (χ4v) is 2.02. The lowest BCUT2D eigenvalue weighted by Crippen LogP contribution is -2.18. The molecular formula is C16H15N3O5. The second-order valence-corrected chi connectivity index (χ2v) is 4.75. The van der Waals surface area contributed by atoms with E-state index in [0.29, 0.717) is 16.9 Å². The van der Waals surface area contributed by atoms with E-state index in [2.05, 4.69) is 10.6 Å². The van der Waals surface area contributed by atoms with Crippen molar-refractivity contribution >= 4 is 23.2 Å². The summed E-state index contributed by atoms with van der Waals surface area (Å²) in [6.07, 6.45) is 0. The molecule has 0 spiro atoms. The Bertz CT molecular complexity index is 787. The molecule has 124 valence electrons. The van der Waals surface area contributed by atoms with Gasteiger partial charge in [0, 0.05) is 30.3 Å². The van der Waals surface area contributed by atoms with Crippen molar-refractivity contribution in [3.8, 4) is 5.75 Å². The molecule has 2 aromatic carbocycles. The number of carbonyl (C=O) groups excluding carboxylic acids is 2. The first-order valence-electron chi connectivity index (χ1n) is 6.92. The Hall–Kier alpha value is -3.42. The molecule has 2 amide bonds. The first-order valence-corrected chi connectivity index (χ1v) is 6.92. The van der Waals surface area contributed by atoms with Gasteiger partial charge in [0.15, 0.2) is 0 Å². The number of non-ortho nitro benzene ring substituents is 1. The minimum Gasteiger partial charge on any atom is -0.495 e. The first-order chi connectivity index (χ1) is 11.5. The van der Waals surface area contributed by atoms with Gasteiger partial charge < -0.3 is 15.4 Å². The van der Waals surface area contributed by atoms with Gasteiger partial charge in [0.05, 0.1) is 17.7 Å². The van der Waals surface area contributed by atoms with E-state index in [1.165, 1.54) is 56.6 Å². The molecule has 0 unspecified atom stereocenters. The lowest BCUT2D eigenvalue weighted by Gasteiger charge is -2.10. The van der Waals surface area contributed by atoms with Crippen molar-refractivity contribution in [3.05, 3.63) is 63.7 Å². The molecule has 0 saturated carbocycles. The van der Waals surface area contributed by atoms with Gasteiger partial charge in [0.2, 0.25) is 0 Å². The van der Waals surface area contributed by atoms with Crippen molar-refractivity contribution < 1.29 is 19.2 Å². The van der Waals surface area contributed by atoms with Crippen molar-refractivity contribution in [2.24, 2.45) is 0 Å². The smallest absolute Gasteiger partial charge is 0.271 e. The number of nitrogens with zero attached hydrogens (tertiary/aromatic N) is 1. The monoisotopic (exact) mass is 329 g/mol. The molecule has 8 heteroatoms. The molecule has 0 heterocycles. The topological polar surface area (TPSA) is 111 Å². The highest BCUT2D eigenvalue weighted by Gasteiger charge is 2.15. The van der Waals surface area contributed by atoms with Crippen LogP contribution in [0.25, 0.3) is 0 Å². The molecule has 0 saturated heterocycles. The Morgan fingerprint density at radius 1 is 1.04 bits per heavy atom. The van der Waals surface area contributed by atoms with Gasteiger partial charge in [0.1, 0.15) is 5.75 Å². The van der Waals surface area contributed by atoms with Crippen LogP contribution in [0.5, 0.6) is 5.75 Å². The molecule has 24 heavy (non-hydrogen) atoms. The second-order valence-electron chi connectivity index (χ2n) is 4.75. The number of anilines is 1. The zero-order chi connectivity index (χ0) is 17.7. The van der Waals surface area contributed by atoms with Crippen LogP contribution in [0.2, 0.25) is 0 Å². The summed E-state index contributed by atoms with van der Waals surface area (Å²) in [5, 5.41) is 15.9. The maximum Gasteiger partial charge on any atom is 0.271 e. The Kier molecular flexibility index (Phi) is 5.10. The molecule has 0 fully saturated rings. The fourth-order valence-electron chi connectivity index (χ4n) is 2.02. The molecule has 0 aliphatic heterocycles. The number of hydrogen-bond donors (Lipinski definition) is 2. The molecule has 2 N–H and O–H groups in total. The van der Waals surface area contributed by atoms with Crippen LogP contribution in [-0.2, 0) is 0 Å². The van der Waals surface area contributed by atoms with Crippen molar-refractivity contribution in [1.82, 2.24) is 5.32 Å². The van der Waals surface area contributed by atoms with Crippen LogP contribution in [0.1, 0.15) is 20.7 Å². The third-order valence-corrected chi connectivity index (χ3v) is 3.28. The fraction of sp³-hybridized carbons (Fsp3) is 0.125. The van der Waals surface area contributed by atoms with E-state index < -0.39 is 10.8 Å². The van der Waals surface area contributed by atoms with E-state index in [1.54, 1.807) is 0 Å².